The number of nitrogens with one attached hydrogen (secondary N) is 1. The SMILES string of the molecule is COc1cc(CNC(=O)CSc2ccccn2)cc(OC)c1OC. The summed E-state index contributed by atoms with van der Waals surface area (Å²) >= 11 is 1.39. The van der Waals surface area contributed by atoms with Crippen molar-refractivity contribution in [3.05, 3.63) is 42.1 Å². The van der Waals surface area contributed by atoms with E-state index >= 15 is 0 Å². The van der Waals surface area contributed by atoms with E-state index in [2.05, 4.69) is 10.3 Å². The van der Waals surface area contributed by atoms with Gasteiger partial charge in [-0.15, -0.1) is 0 Å². The van der Waals surface area contributed by atoms with Crippen LogP contribution in [0.25, 0.3) is 0 Å². The minimum absolute atomic E-state index is 0.0700. The van der Waals surface area contributed by atoms with Crippen molar-refractivity contribution in [3.63, 3.8) is 0 Å². The minimum Gasteiger partial charge on any atom is -0.493 e. The Hall–Kier alpha value is -2.41. The predicted molar refractivity (Wildman–Crippen MR) is 92.9 cm³/mol. The van der Waals surface area contributed by atoms with E-state index in [1.165, 1.54) is 11.8 Å². The van der Waals surface area contributed by atoms with Crippen molar-refractivity contribution in [1.29, 1.82) is 0 Å². The van der Waals surface area contributed by atoms with Crippen LogP contribution in [0, 0.1) is 0 Å². The fourth-order valence-electron chi connectivity index (χ4n) is 2.06. The van der Waals surface area contributed by atoms with Gasteiger partial charge in [-0.2, -0.15) is 0 Å². The van der Waals surface area contributed by atoms with Crippen LogP contribution in [-0.4, -0.2) is 38.0 Å². The average Bonchev–Trinajstić information content (AvgIpc) is 2.64. The number of nitrogens with zero attached hydrogens (tertiary/aromatic N) is 1. The molecule has 1 aromatic carbocycles. The lowest BCUT2D eigenvalue weighted by molar-refractivity contribution is -0.118. The van der Waals surface area contributed by atoms with Crippen LogP contribution < -0.4 is 19.5 Å². The number of methoxy groups -OCH3 is 3. The summed E-state index contributed by atoms with van der Waals surface area (Å²) in [4.78, 5) is 16.1. The molecule has 0 saturated carbocycles. The zero-order chi connectivity index (χ0) is 17.4. The molecule has 0 bridgehead atoms. The number of benzene rings is 1. The standard InChI is InChI=1S/C17H20N2O4S/c1-21-13-8-12(9-14(22-2)17(13)23-3)10-19-15(20)11-24-16-6-4-5-7-18-16/h4-9H,10-11H2,1-3H3,(H,19,20). The van der Waals surface area contributed by atoms with Gasteiger partial charge >= 0.3 is 0 Å². The molecule has 7 heteroatoms. The Bertz CT molecular complexity index is 655. The first-order valence-corrected chi connectivity index (χ1v) is 8.26. The highest BCUT2D eigenvalue weighted by Crippen LogP contribution is 2.38. The lowest BCUT2D eigenvalue weighted by atomic mass is 10.2. The number of carbonyl (C=O) groups is 1. The van der Waals surface area contributed by atoms with Gasteiger partial charge in [-0.3, -0.25) is 4.79 Å². The first-order valence-electron chi connectivity index (χ1n) is 7.27. The van der Waals surface area contributed by atoms with E-state index in [0.717, 1.165) is 10.6 Å². The Balaban J connectivity index is 1.94. The van der Waals surface area contributed by atoms with Gasteiger partial charge in [0.25, 0.3) is 0 Å². The number of hydrogen-bond acceptors (Lipinski definition) is 6. The third-order valence-corrected chi connectivity index (χ3v) is 4.15. The third kappa shape index (κ3) is 4.79. The summed E-state index contributed by atoms with van der Waals surface area (Å²) < 4.78 is 15.9. The highest BCUT2D eigenvalue weighted by Gasteiger charge is 2.13. The molecule has 1 amide bonds. The Kier molecular flexibility index (Phi) is 6.74. The van der Waals surface area contributed by atoms with E-state index in [1.54, 1.807) is 27.5 Å². The normalized spacial score (nSPS) is 10.1. The molecule has 6 nitrogen and oxygen atoms in total. The Morgan fingerprint density at radius 2 is 1.83 bits per heavy atom. The summed E-state index contributed by atoms with van der Waals surface area (Å²) in [6.07, 6.45) is 1.70. The Labute approximate surface area is 145 Å². The van der Waals surface area contributed by atoms with Gasteiger partial charge < -0.3 is 19.5 Å². The summed E-state index contributed by atoms with van der Waals surface area (Å²) in [6.45, 7) is 0.373. The second kappa shape index (κ2) is 9.02. The van der Waals surface area contributed by atoms with E-state index in [1.807, 2.05) is 30.3 Å². The predicted octanol–water partition coefficient (Wildman–Crippen LogP) is 2.52. The molecule has 2 rings (SSSR count). The molecule has 0 saturated heterocycles. The average molecular weight is 348 g/mol. The smallest absolute Gasteiger partial charge is 0.230 e. The number of aromatic nitrogens is 1. The molecule has 128 valence electrons. The van der Waals surface area contributed by atoms with Gasteiger partial charge in [0.05, 0.1) is 32.1 Å². The highest BCUT2D eigenvalue weighted by atomic mass is 32.2. The van der Waals surface area contributed by atoms with Crippen LogP contribution in [0.5, 0.6) is 17.2 Å². The van der Waals surface area contributed by atoms with Crippen molar-refractivity contribution in [3.8, 4) is 17.2 Å². The topological polar surface area (TPSA) is 69.7 Å². The summed E-state index contributed by atoms with van der Waals surface area (Å²) in [5.41, 5.74) is 0.862. The number of ether oxygens (including phenoxy) is 3. The van der Waals surface area contributed by atoms with Gasteiger partial charge in [0, 0.05) is 12.7 Å². The second-order valence-corrected chi connectivity index (χ2v) is 5.76. The highest BCUT2D eigenvalue weighted by molar-refractivity contribution is 7.99. The van der Waals surface area contributed by atoms with Crippen molar-refractivity contribution < 1.29 is 19.0 Å². The number of carbonyl (C=O) groups excluding carboxylic acids is 1. The molecular formula is C17H20N2O4S. The van der Waals surface area contributed by atoms with Gasteiger partial charge in [-0.25, -0.2) is 4.98 Å². The number of pyridine rings is 1. The number of rotatable bonds is 8. The largest absolute Gasteiger partial charge is 0.493 e. The Morgan fingerprint density at radius 1 is 1.12 bits per heavy atom. The van der Waals surface area contributed by atoms with Crippen molar-refractivity contribution in [2.75, 3.05) is 27.1 Å². The van der Waals surface area contributed by atoms with E-state index < -0.39 is 0 Å². The molecule has 1 heterocycles. The first kappa shape index (κ1) is 17.9. The van der Waals surface area contributed by atoms with Crippen molar-refractivity contribution >= 4 is 17.7 Å². The fourth-order valence-corrected chi connectivity index (χ4v) is 2.75. The molecule has 0 atom stereocenters. The van der Waals surface area contributed by atoms with Gasteiger partial charge in [0.2, 0.25) is 11.7 Å². The van der Waals surface area contributed by atoms with Gasteiger partial charge in [-0.05, 0) is 29.8 Å². The molecule has 0 spiro atoms. The van der Waals surface area contributed by atoms with E-state index in [0.29, 0.717) is 29.5 Å². The number of amides is 1. The molecule has 2 aromatic rings. The van der Waals surface area contributed by atoms with Crippen LogP contribution in [-0.2, 0) is 11.3 Å². The van der Waals surface area contributed by atoms with Gasteiger partial charge in [-0.1, -0.05) is 17.8 Å². The maximum Gasteiger partial charge on any atom is 0.230 e. The molecular weight excluding hydrogens is 328 g/mol. The zero-order valence-corrected chi connectivity index (χ0v) is 14.7. The van der Waals surface area contributed by atoms with E-state index in [9.17, 15) is 4.79 Å². The van der Waals surface area contributed by atoms with Crippen LogP contribution in [0.1, 0.15) is 5.56 Å². The van der Waals surface area contributed by atoms with Crippen LogP contribution in [0.4, 0.5) is 0 Å². The van der Waals surface area contributed by atoms with Crippen LogP contribution in [0.2, 0.25) is 0 Å². The summed E-state index contributed by atoms with van der Waals surface area (Å²) in [5.74, 6) is 1.88. The van der Waals surface area contributed by atoms with Crippen LogP contribution in [0.3, 0.4) is 0 Å². The van der Waals surface area contributed by atoms with Crippen molar-refractivity contribution in [1.82, 2.24) is 10.3 Å². The molecule has 0 radical (unpaired) electrons. The van der Waals surface area contributed by atoms with Crippen LogP contribution >= 0.6 is 11.8 Å². The molecule has 0 unspecified atom stereocenters. The zero-order valence-electron chi connectivity index (χ0n) is 13.9. The molecule has 1 N–H and O–H groups in total. The second-order valence-electron chi connectivity index (χ2n) is 4.77. The maximum absolute atomic E-state index is 12.0. The molecule has 1 aromatic heterocycles. The lowest BCUT2D eigenvalue weighted by Gasteiger charge is -2.14. The molecule has 0 aliphatic rings. The third-order valence-electron chi connectivity index (χ3n) is 3.20. The Morgan fingerprint density at radius 3 is 2.38 bits per heavy atom. The van der Waals surface area contributed by atoms with Crippen LogP contribution in [0.15, 0.2) is 41.6 Å². The number of thioether (sulfide) groups is 1. The summed E-state index contributed by atoms with van der Waals surface area (Å²) in [6, 6.07) is 9.23. The molecule has 0 aliphatic heterocycles. The van der Waals surface area contributed by atoms with Gasteiger partial charge in [0.15, 0.2) is 11.5 Å². The number of hydrogen-bond donors (Lipinski definition) is 1. The minimum atomic E-state index is -0.0700. The van der Waals surface area contributed by atoms with Crippen molar-refractivity contribution in [2.45, 2.75) is 11.6 Å². The molecule has 0 fully saturated rings. The van der Waals surface area contributed by atoms with Crippen molar-refractivity contribution in [2.24, 2.45) is 0 Å². The van der Waals surface area contributed by atoms with Gasteiger partial charge in [0.1, 0.15) is 0 Å². The van der Waals surface area contributed by atoms with E-state index in [-0.39, 0.29) is 5.91 Å². The quantitative estimate of drug-likeness (QED) is 0.739. The molecule has 24 heavy (non-hydrogen) atoms. The lowest BCUT2D eigenvalue weighted by Crippen LogP contribution is -2.24. The first-order chi connectivity index (χ1) is 11.7. The maximum atomic E-state index is 12.0. The summed E-state index contributed by atoms with van der Waals surface area (Å²) in [7, 11) is 4.67. The molecule has 0 aliphatic carbocycles. The summed E-state index contributed by atoms with van der Waals surface area (Å²) in [5, 5.41) is 3.69. The monoisotopic (exact) mass is 348 g/mol. The fraction of sp³-hybridized carbons (Fsp3) is 0.294. The van der Waals surface area contributed by atoms with E-state index in [4.69, 9.17) is 14.2 Å².